The highest BCUT2D eigenvalue weighted by atomic mass is 32.1. The first-order chi connectivity index (χ1) is 10.6. The van der Waals surface area contributed by atoms with E-state index in [1.54, 1.807) is 6.92 Å². The molecule has 0 saturated carbocycles. The van der Waals surface area contributed by atoms with E-state index in [1.165, 1.54) is 18.4 Å². The highest BCUT2D eigenvalue weighted by Crippen LogP contribution is 2.21. The zero-order valence-corrected chi connectivity index (χ0v) is 13.2. The Bertz CT molecular complexity index is 624. The van der Waals surface area contributed by atoms with Crippen molar-refractivity contribution in [1.29, 1.82) is 0 Å². The third kappa shape index (κ3) is 4.66. The van der Waals surface area contributed by atoms with Gasteiger partial charge in [0, 0.05) is 18.9 Å². The van der Waals surface area contributed by atoms with Gasteiger partial charge in [-0.1, -0.05) is 11.2 Å². The van der Waals surface area contributed by atoms with Crippen LogP contribution in [0.3, 0.4) is 0 Å². The van der Waals surface area contributed by atoms with Gasteiger partial charge in [0.2, 0.25) is 17.6 Å². The average Bonchev–Trinajstić information content (AvgIpc) is 3.15. The summed E-state index contributed by atoms with van der Waals surface area (Å²) in [5.74, 6) is 0.418. The van der Waals surface area contributed by atoms with Crippen LogP contribution in [0, 0.1) is 0 Å². The van der Waals surface area contributed by atoms with Crippen LogP contribution >= 0.6 is 11.3 Å². The van der Waals surface area contributed by atoms with Gasteiger partial charge in [-0.3, -0.25) is 9.59 Å². The van der Waals surface area contributed by atoms with Crippen LogP contribution in [0.15, 0.2) is 22.0 Å². The van der Waals surface area contributed by atoms with E-state index >= 15 is 0 Å². The van der Waals surface area contributed by atoms with Crippen LogP contribution in [0.5, 0.6) is 0 Å². The largest absolute Gasteiger partial charge is 0.469 e. The Morgan fingerprint density at radius 3 is 3.00 bits per heavy atom. The van der Waals surface area contributed by atoms with E-state index in [2.05, 4.69) is 20.2 Å². The molecule has 0 saturated heterocycles. The fraction of sp³-hybridized carbons (Fsp3) is 0.429. The van der Waals surface area contributed by atoms with Crippen molar-refractivity contribution in [1.82, 2.24) is 15.5 Å². The molecule has 0 bridgehead atoms. The highest BCUT2D eigenvalue weighted by molar-refractivity contribution is 7.13. The lowest BCUT2D eigenvalue weighted by Crippen LogP contribution is -2.34. The molecule has 118 valence electrons. The van der Waals surface area contributed by atoms with Crippen molar-refractivity contribution in [2.24, 2.45) is 0 Å². The predicted octanol–water partition coefficient (Wildman–Crippen LogP) is 1.80. The number of amides is 1. The molecular weight excluding hydrogens is 306 g/mol. The van der Waals surface area contributed by atoms with Crippen LogP contribution in [0.25, 0.3) is 10.7 Å². The summed E-state index contributed by atoms with van der Waals surface area (Å²) in [6.07, 6.45) is 0.720. The van der Waals surface area contributed by atoms with E-state index in [-0.39, 0.29) is 30.8 Å². The number of methoxy groups -OCH3 is 1. The van der Waals surface area contributed by atoms with E-state index in [9.17, 15) is 9.59 Å². The molecule has 22 heavy (non-hydrogen) atoms. The molecule has 2 aromatic heterocycles. The SMILES string of the molecule is COC(=O)CC(C)NC(=O)CCc1nc(-c2cccs2)no1. The van der Waals surface area contributed by atoms with Crippen molar-refractivity contribution in [2.45, 2.75) is 32.2 Å². The van der Waals surface area contributed by atoms with Crippen molar-refractivity contribution >= 4 is 23.2 Å². The maximum Gasteiger partial charge on any atom is 0.307 e. The monoisotopic (exact) mass is 323 g/mol. The molecule has 2 aromatic rings. The summed E-state index contributed by atoms with van der Waals surface area (Å²) in [4.78, 5) is 28.0. The fourth-order valence-corrected chi connectivity index (χ4v) is 2.46. The molecule has 0 aromatic carbocycles. The van der Waals surface area contributed by atoms with Crippen molar-refractivity contribution in [3.8, 4) is 10.7 Å². The predicted molar refractivity (Wildman–Crippen MR) is 80.2 cm³/mol. The quantitative estimate of drug-likeness (QED) is 0.781. The maximum absolute atomic E-state index is 11.8. The van der Waals surface area contributed by atoms with E-state index in [0.29, 0.717) is 18.1 Å². The van der Waals surface area contributed by atoms with E-state index in [1.807, 2.05) is 17.5 Å². The van der Waals surface area contributed by atoms with Crippen molar-refractivity contribution in [2.75, 3.05) is 7.11 Å². The number of hydrogen-bond acceptors (Lipinski definition) is 7. The number of esters is 1. The molecule has 8 heteroatoms. The number of hydrogen-bond donors (Lipinski definition) is 1. The van der Waals surface area contributed by atoms with Gasteiger partial charge >= 0.3 is 5.97 Å². The van der Waals surface area contributed by atoms with Gasteiger partial charge in [-0.2, -0.15) is 4.98 Å². The van der Waals surface area contributed by atoms with E-state index in [4.69, 9.17) is 4.52 Å². The number of carbonyl (C=O) groups excluding carboxylic acids is 2. The Balaban J connectivity index is 1.78. The summed E-state index contributed by atoms with van der Waals surface area (Å²) >= 11 is 1.52. The second-order valence-corrected chi connectivity index (χ2v) is 5.69. The summed E-state index contributed by atoms with van der Waals surface area (Å²) in [6, 6.07) is 3.54. The third-order valence-electron chi connectivity index (χ3n) is 2.88. The lowest BCUT2D eigenvalue weighted by Gasteiger charge is -2.11. The smallest absolute Gasteiger partial charge is 0.307 e. The van der Waals surface area contributed by atoms with Gasteiger partial charge in [0.25, 0.3) is 0 Å². The lowest BCUT2D eigenvalue weighted by molar-refractivity contribution is -0.141. The van der Waals surface area contributed by atoms with Crippen LogP contribution in [0.4, 0.5) is 0 Å². The first-order valence-corrected chi connectivity index (χ1v) is 7.69. The fourth-order valence-electron chi connectivity index (χ4n) is 1.81. The third-order valence-corrected chi connectivity index (χ3v) is 3.75. The average molecular weight is 323 g/mol. The minimum Gasteiger partial charge on any atom is -0.469 e. The zero-order valence-electron chi connectivity index (χ0n) is 12.4. The molecule has 1 N–H and O–H groups in total. The Morgan fingerprint density at radius 2 is 2.32 bits per heavy atom. The van der Waals surface area contributed by atoms with Gasteiger partial charge in [-0.25, -0.2) is 0 Å². The molecule has 7 nitrogen and oxygen atoms in total. The zero-order chi connectivity index (χ0) is 15.9. The molecule has 0 radical (unpaired) electrons. The normalized spacial score (nSPS) is 11.9. The number of carbonyl (C=O) groups is 2. The minimum atomic E-state index is -0.356. The second-order valence-electron chi connectivity index (χ2n) is 4.74. The summed E-state index contributed by atoms with van der Waals surface area (Å²) in [5.41, 5.74) is 0. The Morgan fingerprint density at radius 1 is 1.50 bits per heavy atom. The number of rotatable bonds is 7. The minimum absolute atomic E-state index is 0.144. The molecule has 0 spiro atoms. The molecule has 0 fully saturated rings. The molecule has 0 aliphatic rings. The summed E-state index contributed by atoms with van der Waals surface area (Å²) in [6.45, 7) is 1.75. The van der Waals surface area contributed by atoms with E-state index < -0.39 is 0 Å². The van der Waals surface area contributed by atoms with Crippen LogP contribution in [-0.2, 0) is 20.7 Å². The molecule has 2 heterocycles. The summed E-state index contributed by atoms with van der Waals surface area (Å²) < 4.78 is 9.66. The Kier molecular flexibility index (Phi) is 5.65. The number of thiophene rings is 1. The summed E-state index contributed by atoms with van der Waals surface area (Å²) in [5, 5.41) is 8.53. The molecule has 0 aliphatic carbocycles. The number of nitrogens with zero attached hydrogens (tertiary/aromatic N) is 2. The van der Waals surface area contributed by atoms with Gasteiger partial charge in [-0.15, -0.1) is 11.3 Å². The van der Waals surface area contributed by atoms with Gasteiger partial charge < -0.3 is 14.6 Å². The number of aryl methyl sites for hydroxylation is 1. The number of nitrogens with one attached hydrogen (secondary N) is 1. The number of aromatic nitrogens is 2. The molecule has 1 atom stereocenters. The van der Waals surface area contributed by atoms with Gasteiger partial charge in [0.1, 0.15) is 0 Å². The lowest BCUT2D eigenvalue weighted by atomic mass is 10.2. The van der Waals surface area contributed by atoms with Crippen LogP contribution in [0.2, 0.25) is 0 Å². The van der Waals surface area contributed by atoms with E-state index in [0.717, 1.165) is 4.88 Å². The maximum atomic E-state index is 11.8. The molecular formula is C14H17N3O4S. The van der Waals surface area contributed by atoms with Crippen molar-refractivity contribution in [3.05, 3.63) is 23.4 Å². The molecule has 0 aliphatic heterocycles. The van der Waals surface area contributed by atoms with Crippen molar-refractivity contribution in [3.63, 3.8) is 0 Å². The first-order valence-electron chi connectivity index (χ1n) is 6.81. The number of ether oxygens (including phenoxy) is 1. The highest BCUT2D eigenvalue weighted by Gasteiger charge is 2.14. The topological polar surface area (TPSA) is 94.3 Å². The van der Waals surface area contributed by atoms with Gasteiger partial charge in [0.05, 0.1) is 18.4 Å². The second kappa shape index (κ2) is 7.69. The van der Waals surface area contributed by atoms with Crippen LogP contribution in [0.1, 0.15) is 25.7 Å². The Hall–Kier alpha value is -2.22. The molecule has 2 rings (SSSR count). The van der Waals surface area contributed by atoms with Crippen LogP contribution < -0.4 is 5.32 Å². The van der Waals surface area contributed by atoms with Crippen molar-refractivity contribution < 1.29 is 18.8 Å². The van der Waals surface area contributed by atoms with Gasteiger partial charge in [0.15, 0.2) is 0 Å². The molecule has 1 unspecified atom stereocenters. The van der Waals surface area contributed by atoms with Crippen LogP contribution in [-0.4, -0.2) is 35.2 Å². The first kappa shape index (κ1) is 16.2. The van der Waals surface area contributed by atoms with Gasteiger partial charge in [-0.05, 0) is 18.4 Å². The molecule has 1 amide bonds. The Labute approximate surface area is 131 Å². The standard InChI is InChI=1S/C14H17N3O4S/c1-9(8-13(19)20-2)15-11(18)5-6-12-16-14(17-21-12)10-4-3-7-22-10/h3-4,7,9H,5-6,8H2,1-2H3,(H,15,18). The summed E-state index contributed by atoms with van der Waals surface area (Å²) in [7, 11) is 1.32.